The van der Waals surface area contributed by atoms with Crippen molar-refractivity contribution in [3.05, 3.63) is 38.3 Å². The Labute approximate surface area is 108 Å². The Balaban J connectivity index is 2.04. The van der Waals surface area contributed by atoms with Gasteiger partial charge in [-0.3, -0.25) is 10.1 Å². The average Bonchev–Trinajstić information content (AvgIpc) is 3.10. The molecule has 0 saturated heterocycles. The van der Waals surface area contributed by atoms with Crippen molar-refractivity contribution in [2.24, 2.45) is 11.7 Å². The molecule has 1 unspecified atom stereocenters. The summed E-state index contributed by atoms with van der Waals surface area (Å²) in [4.78, 5) is 10.4. The molecule has 1 aromatic rings. The third kappa shape index (κ3) is 3.04. The Morgan fingerprint density at radius 3 is 2.82 bits per heavy atom. The molecule has 4 nitrogen and oxygen atoms in total. The van der Waals surface area contributed by atoms with Gasteiger partial charge in [-0.05, 0) is 53.1 Å². The summed E-state index contributed by atoms with van der Waals surface area (Å²) in [7, 11) is 0. The predicted molar refractivity (Wildman–Crippen MR) is 69.8 cm³/mol. The Morgan fingerprint density at radius 2 is 2.24 bits per heavy atom. The molecule has 5 heteroatoms. The van der Waals surface area contributed by atoms with Crippen molar-refractivity contribution in [1.29, 1.82) is 0 Å². The molecule has 2 N–H and O–H groups in total. The lowest BCUT2D eigenvalue weighted by molar-refractivity contribution is -0.385. The average molecular weight is 299 g/mol. The van der Waals surface area contributed by atoms with Gasteiger partial charge in [0.25, 0.3) is 5.69 Å². The molecular formula is C12H15BrN2O2. The molecule has 0 amide bonds. The number of nitrogens with zero attached hydrogens (tertiary/aromatic N) is 1. The lowest BCUT2D eigenvalue weighted by atomic mass is 10.0. The fourth-order valence-electron chi connectivity index (χ4n) is 1.98. The zero-order valence-electron chi connectivity index (χ0n) is 9.43. The van der Waals surface area contributed by atoms with Crippen LogP contribution in [-0.2, 0) is 6.42 Å². The van der Waals surface area contributed by atoms with Crippen LogP contribution in [0.3, 0.4) is 0 Å². The van der Waals surface area contributed by atoms with Crippen molar-refractivity contribution >= 4 is 21.6 Å². The van der Waals surface area contributed by atoms with E-state index in [4.69, 9.17) is 5.73 Å². The fraction of sp³-hybridized carbons (Fsp3) is 0.500. The number of nitro groups is 1. The monoisotopic (exact) mass is 298 g/mol. The Morgan fingerprint density at radius 1 is 1.53 bits per heavy atom. The van der Waals surface area contributed by atoms with Crippen LogP contribution in [0.25, 0.3) is 0 Å². The summed E-state index contributed by atoms with van der Waals surface area (Å²) in [5.41, 5.74) is 7.12. The highest BCUT2D eigenvalue weighted by atomic mass is 79.9. The molecule has 0 radical (unpaired) electrons. The minimum absolute atomic E-state index is 0.127. The number of nitro benzene ring substituents is 1. The van der Waals surface area contributed by atoms with Gasteiger partial charge in [0, 0.05) is 12.1 Å². The van der Waals surface area contributed by atoms with E-state index < -0.39 is 0 Å². The third-order valence-corrected chi connectivity index (χ3v) is 4.15. The van der Waals surface area contributed by atoms with Gasteiger partial charge in [-0.15, -0.1) is 0 Å². The molecule has 0 aromatic heterocycles. The van der Waals surface area contributed by atoms with Crippen LogP contribution in [-0.4, -0.2) is 11.0 Å². The maximum absolute atomic E-state index is 10.8. The smallest absolute Gasteiger partial charge is 0.283 e. The van der Waals surface area contributed by atoms with E-state index >= 15 is 0 Å². The fourth-order valence-corrected chi connectivity index (χ4v) is 2.59. The number of rotatable bonds is 5. The van der Waals surface area contributed by atoms with Gasteiger partial charge in [0.2, 0.25) is 0 Å². The van der Waals surface area contributed by atoms with E-state index in [0.717, 1.165) is 18.4 Å². The molecule has 92 valence electrons. The van der Waals surface area contributed by atoms with Gasteiger partial charge >= 0.3 is 0 Å². The topological polar surface area (TPSA) is 69.2 Å². The highest BCUT2D eigenvalue weighted by molar-refractivity contribution is 9.10. The molecule has 0 bridgehead atoms. The molecule has 1 aromatic carbocycles. The van der Waals surface area contributed by atoms with E-state index in [1.54, 1.807) is 6.07 Å². The van der Waals surface area contributed by atoms with E-state index in [1.165, 1.54) is 18.9 Å². The normalized spacial score (nSPS) is 16.8. The molecule has 1 saturated carbocycles. The highest BCUT2D eigenvalue weighted by Gasteiger charge is 2.28. The minimum Gasteiger partial charge on any atom is -0.327 e. The Bertz CT molecular complexity index is 433. The quantitative estimate of drug-likeness (QED) is 0.671. The van der Waals surface area contributed by atoms with Crippen LogP contribution in [0.2, 0.25) is 0 Å². The molecule has 1 fully saturated rings. The van der Waals surface area contributed by atoms with E-state index in [2.05, 4.69) is 15.9 Å². The standard InChI is InChI=1S/C12H15BrN2O2/c13-12-9(2-1-3-11(12)15(16)17)6-7-10(14)8-4-5-8/h1-3,8,10H,4-7,14H2. The lowest BCUT2D eigenvalue weighted by Crippen LogP contribution is -2.22. The lowest BCUT2D eigenvalue weighted by Gasteiger charge is -2.10. The third-order valence-electron chi connectivity index (χ3n) is 3.23. The molecule has 0 heterocycles. The van der Waals surface area contributed by atoms with Crippen LogP contribution in [0.1, 0.15) is 24.8 Å². The molecular weight excluding hydrogens is 284 g/mol. The second kappa shape index (κ2) is 5.14. The summed E-state index contributed by atoms with van der Waals surface area (Å²) in [5.74, 6) is 0.674. The van der Waals surface area contributed by atoms with E-state index in [0.29, 0.717) is 10.4 Å². The first-order valence-electron chi connectivity index (χ1n) is 5.77. The summed E-state index contributed by atoms with van der Waals surface area (Å²) in [5, 5.41) is 10.8. The summed E-state index contributed by atoms with van der Waals surface area (Å²) in [6.07, 6.45) is 4.15. The van der Waals surface area contributed by atoms with Gasteiger partial charge in [0.15, 0.2) is 0 Å². The van der Waals surface area contributed by atoms with Crippen molar-refractivity contribution in [2.75, 3.05) is 0 Å². The van der Waals surface area contributed by atoms with Crippen molar-refractivity contribution in [2.45, 2.75) is 31.7 Å². The van der Waals surface area contributed by atoms with E-state index in [9.17, 15) is 10.1 Å². The zero-order chi connectivity index (χ0) is 12.4. The maximum atomic E-state index is 10.8. The summed E-state index contributed by atoms with van der Waals surface area (Å²) >= 11 is 3.30. The first kappa shape index (κ1) is 12.5. The number of aryl methyl sites for hydroxylation is 1. The van der Waals surface area contributed by atoms with Crippen LogP contribution in [0.4, 0.5) is 5.69 Å². The number of benzene rings is 1. The van der Waals surface area contributed by atoms with Crippen LogP contribution in [0, 0.1) is 16.0 Å². The number of hydrogen-bond acceptors (Lipinski definition) is 3. The second-order valence-electron chi connectivity index (χ2n) is 4.55. The number of hydrogen-bond donors (Lipinski definition) is 1. The molecule has 1 atom stereocenters. The highest BCUT2D eigenvalue weighted by Crippen LogP contribution is 2.34. The van der Waals surface area contributed by atoms with Crippen LogP contribution >= 0.6 is 15.9 Å². The Kier molecular flexibility index (Phi) is 3.79. The van der Waals surface area contributed by atoms with Gasteiger partial charge in [-0.2, -0.15) is 0 Å². The SMILES string of the molecule is NC(CCc1cccc([N+](=O)[O-])c1Br)C1CC1. The Hall–Kier alpha value is -0.940. The molecule has 2 rings (SSSR count). The molecule has 1 aliphatic carbocycles. The van der Waals surface area contributed by atoms with Crippen LogP contribution in [0.5, 0.6) is 0 Å². The minimum atomic E-state index is -0.367. The van der Waals surface area contributed by atoms with Gasteiger partial charge in [-0.1, -0.05) is 12.1 Å². The zero-order valence-corrected chi connectivity index (χ0v) is 11.0. The van der Waals surface area contributed by atoms with Gasteiger partial charge in [0.05, 0.1) is 9.40 Å². The van der Waals surface area contributed by atoms with Crippen molar-refractivity contribution in [1.82, 2.24) is 0 Å². The van der Waals surface area contributed by atoms with Gasteiger partial charge < -0.3 is 5.73 Å². The molecule has 17 heavy (non-hydrogen) atoms. The summed E-state index contributed by atoms with van der Waals surface area (Å²) in [6.45, 7) is 0. The summed E-state index contributed by atoms with van der Waals surface area (Å²) < 4.78 is 0.591. The first-order chi connectivity index (χ1) is 8.09. The summed E-state index contributed by atoms with van der Waals surface area (Å²) in [6, 6.07) is 5.38. The van der Waals surface area contributed by atoms with E-state index in [1.807, 2.05) is 6.07 Å². The van der Waals surface area contributed by atoms with Gasteiger partial charge in [0.1, 0.15) is 0 Å². The molecule has 0 aliphatic heterocycles. The molecule has 0 spiro atoms. The van der Waals surface area contributed by atoms with Crippen LogP contribution in [0.15, 0.2) is 22.7 Å². The number of nitrogens with two attached hydrogens (primary N) is 1. The van der Waals surface area contributed by atoms with Gasteiger partial charge in [-0.25, -0.2) is 0 Å². The first-order valence-corrected chi connectivity index (χ1v) is 6.56. The van der Waals surface area contributed by atoms with Crippen molar-refractivity contribution < 1.29 is 4.92 Å². The van der Waals surface area contributed by atoms with Crippen LogP contribution < -0.4 is 5.73 Å². The predicted octanol–water partition coefficient (Wildman–Crippen LogP) is 3.03. The number of halogens is 1. The van der Waals surface area contributed by atoms with Crippen molar-refractivity contribution in [3.63, 3.8) is 0 Å². The second-order valence-corrected chi connectivity index (χ2v) is 5.34. The molecule has 1 aliphatic rings. The van der Waals surface area contributed by atoms with E-state index in [-0.39, 0.29) is 16.7 Å². The maximum Gasteiger partial charge on any atom is 0.283 e. The van der Waals surface area contributed by atoms with Crippen molar-refractivity contribution in [3.8, 4) is 0 Å². The largest absolute Gasteiger partial charge is 0.327 e.